The molecule has 0 saturated heterocycles. The van der Waals surface area contributed by atoms with Gasteiger partial charge in [-0.05, 0) is 56.9 Å². The van der Waals surface area contributed by atoms with Crippen molar-refractivity contribution in [3.63, 3.8) is 0 Å². The van der Waals surface area contributed by atoms with Gasteiger partial charge in [-0.25, -0.2) is 0 Å². The second kappa shape index (κ2) is 7.80. The number of hydrogen-bond donors (Lipinski definition) is 1. The maximum Gasteiger partial charge on any atom is 0.237 e. The van der Waals surface area contributed by atoms with Gasteiger partial charge in [-0.2, -0.15) is 0 Å². The molecule has 0 radical (unpaired) electrons. The summed E-state index contributed by atoms with van der Waals surface area (Å²) in [6.07, 6.45) is 2.30. The summed E-state index contributed by atoms with van der Waals surface area (Å²) in [5.74, 6) is 1.44. The second-order valence-corrected chi connectivity index (χ2v) is 8.61. The number of carbonyl (C=O) groups is 1. The largest absolute Gasteiger partial charge is 0.325 e. The summed E-state index contributed by atoms with van der Waals surface area (Å²) in [5.41, 5.74) is 4.06. The van der Waals surface area contributed by atoms with E-state index >= 15 is 0 Å². The first-order valence-corrected chi connectivity index (χ1v) is 10.5. The van der Waals surface area contributed by atoms with Gasteiger partial charge in [0.15, 0.2) is 5.16 Å². The molecule has 2 aromatic carbocycles. The molecule has 0 unspecified atom stereocenters. The monoisotopic (exact) mass is 392 g/mol. The average Bonchev–Trinajstić information content (AvgIpc) is 3.46. The van der Waals surface area contributed by atoms with Gasteiger partial charge in [-0.15, -0.1) is 10.2 Å². The number of nitrogens with one attached hydrogen (secondary N) is 1. The third-order valence-electron chi connectivity index (χ3n) is 5.00. The van der Waals surface area contributed by atoms with Gasteiger partial charge in [0, 0.05) is 17.3 Å². The number of amides is 1. The van der Waals surface area contributed by atoms with Crippen LogP contribution in [0.15, 0.2) is 53.7 Å². The maximum atomic E-state index is 12.8. The minimum absolute atomic E-state index is 0.0296. The van der Waals surface area contributed by atoms with Crippen LogP contribution in [0.1, 0.15) is 42.6 Å². The quantitative estimate of drug-likeness (QED) is 0.607. The lowest BCUT2D eigenvalue weighted by Gasteiger charge is -2.16. The summed E-state index contributed by atoms with van der Waals surface area (Å²) < 4.78 is 2.10. The molecule has 1 saturated carbocycles. The summed E-state index contributed by atoms with van der Waals surface area (Å²) in [5, 5.41) is 12.4. The molecule has 1 heterocycles. The zero-order valence-corrected chi connectivity index (χ0v) is 17.2. The van der Waals surface area contributed by atoms with Gasteiger partial charge in [0.1, 0.15) is 5.82 Å². The van der Waals surface area contributed by atoms with Crippen LogP contribution in [-0.4, -0.2) is 25.9 Å². The van der Waals surface area contributed by atoms with Gasteiger partial charge in [0.25, 0.3) is 0 Å². The predicted molar refractivity (Wildman–Crippen MR) is 113 cm³/mol. The molecule has 28 heavy (non-hydrogen) atoms. The lowest BCUT2D eigenvalue weighted by molar-refractivity contribution is -0.115. The van der Waals surface area contributed by atoms with Crippen molar-refractivity contribution in [2.45, 2.75) is 49.9 Å². The third-order valence-corrected chi connectivity index (χ3v) is 6.04. The van der Waals surface area contributed by atoms with Crippen LogP contribution in [0.3, 0.4) is 0 Å². The highest BCUT2D eigenvalue weighted by Gasteiger charge is 2.32. The zero-order valence-electron chi connectivity index (χ0n) is 16.3. The number of rotatable bonds is 6. The van der Waals surface area contributed by atoms with Crippen LogP contribution in [0, 0.1) is 13.8 Å². The van der Waals surface area contributed by atoms with E-state index in [1.807, 2.05) is 57.2 Å². The fourth-order valence-electron chi connectivity index (χ4n) is 3.23. The second-order valence-electron chi connectivity index (χ2n) is 7.30. The van der Waals surface area contributed by atoms with Crippen LogP contribution in [0.5, 0.6) is 0 Å². The van der Waals surface area contributed by atoms with Crippen LogP contribution < -0.4 is 5.32 Å². The van der Waals surface area contributed by atoms with Gasteiger partial charge >= 0.3 is 0 Å². The topological polar surface area (TPSA) is 59.8 Å². The molecule has 1 amide bonds. The highest BCUT2D eigenvalue weighted by molar-refractivity contribution is 8.00. The lowest BCUT2D eigenvalue weighted by atomic mass is 10.1. The molecular formula is C22H24N4OS. The number of para-hydroxylation sites is 2. The van der Waals surface area contributed by atoms with E-state index in [9.17, 15) is 4.79 Å². The molecule has 3 aromatic rings. The minimum Gasteiger partial charge on any atom is -0.325 e. The van der Waals surface area contributed by atoms with E-state index in [-0.39, 0.29) is 11.2 Å². The Morgan fingerprint density at radius 2 is 1.75 bits per heavy atom. The molecule has 1 atom stereocenters. The van der Waals surface area contributed by atoms with Crippen LogP contribution in [-0.2, 0) is 4.79 Å². The standard InChI is InChI=1S/C22H24N4OS/c1-14-8-7-9-15(2)19(14)23-21(27)16(3)28-22-25-24-20(17-12-13-17)26(22)18-10-5-4-6-11-18/h4-11,16-17H,12-13H2,1-3H3,(H,23,27)/t16-/m1/s1. The fraction of sp³-hybridized carbons (Fsp3) is 0.318. The molecule has 5 nitrogen and oxygen atoms in total. The first-order chi connectivity index (χ1) is 13.5. The first kappa shape index (κ1) is 18.7. The zero-order chi connectivity index (χ0) is 19.7. The minimum atomic E-state index is -0.294. The van der Waals surface area contributed by atoms with Crippen molar-refractivity contribution in [2.75, 3.05) is 5.32 Å². The molecule has 0 aliphatic heterocycles. The van der Waals surface area contributed by atoms with E-state index in [0.29, 0.717) is 5.92 Å². The number of aromatic nitrogens is 3. The van der Waals surface area contributed by atoms with Crippen molar-refractivity contribution in [1.82, 2.24) is 14.8 Å². The molecule has 0 bridgehead atoms. The molecule has 1 N–H and O–H groups in total. The molecule has 144 valence electrons. The Labute approximate surface area is 169 Å². The number of benzene rings is 2. The Morgan fingerprint density at radius 1 is 1.07 bits per heavy atom. The summed E-state index contributed by atoms with van der Waals surface area (Å²) in [7, 11) is 0. The number of hydrogen-bond acceptors (Lipinski definition) is 4. The van der Waals surface area contributed by atoms with Crippen LogP contribution in [0.2, 0.25) is 0 Å². The van der Waals surface area contributed by atoms with E-state index in [1.54, 1.807) is 0 Å². The lowest BCUT2D eigenvalue weighted by Crippen LogP contribution is -2.23. The normalized spacial score (nSPS) is 14.7. The smallest absolute Gasteiger partial charge is 0.237 e. The van der Waals surface area contributed by atoms with E-state index in [1.165, 1.54) is 11.8 Å². The van der Waals surface area contributed by atoms with Crippen LogP contribution in [0.4, 0.5) is 5.69 Å². The van der Waals surface area contributed by atoms with Crippen molar-refractivity contribution in [3.8, 4) is 5.69 Å². The Balaban J connectivity index is 1.56. The third kappa shape index (κ3) is 3.83. The predicted octanol–water partition coefficient (Wildman–Crippen LogP) is 4.88. The van der Waals surface area contributed by atoms with Gasteiger partial charge in [-0.3, -0.25) is 9.36 Å². The van der Waals surface area contributed by atoms with Gasteiger partial charge in [0.05, 0.1) is 5.25 Å². The number of nitrogens with zero attached hydrogens (tertiary/aromatic N) is 3. The van der Waals surface area contributed by atoms with Gasteiger partial charge in [0.2, 0.25) is 5.91 Å². The van der Waals surface area contributed by atoms with Crippen molar-refractivity contribution in [1.29, 1.82) is 0 Å². The van der Waals surface area contributed by atoms with Crippen LogP contribution in [0.25, 0.3) is 5.69 Å². The van der Waals surface area contributed by atoms with Gasteiger partial charge in [-0.1, -0.05) is 48.2 Å². The van der Waals surface area contributed by atoms with Crippen LogP contribution >= 0.6 is 11.8 Å². The van der Waals surface area contributed by atoms with Crippen molar-refractivity contribution >= 4 is 23.4 Å². The molecular weight excluding hydrogens is 368 g/mol. The molecule has 0 spiro atoms. The number of aryl methyl sites for hydroxylation is 2. The number of thioether (sulfide) groups is 1. The van der Waals surface area contributed by atoms with Crippen molar-refractivity contribution in [2.24, 2.45) is 0 Å². The molecule has 1 aliphatic rings. The molecule has 1 fully saturated rings. The molecule has 1 aromatic heterocycles. The summed E-state index contributed by atoms with van der Waals surface area (Å²) >= 11 is 1.45. The van der Waals surface area contributed by atoms with E-state index in [0.717, 1.165) is 46.3 Å². The highest BCUT2D eigenvalue weighted by atomic mass is 32.2. The summed E-state index contributed by atoms with van der Waals surface area (Å²) in [6.45, 7) is 5.93. The van der Waals surface area contributed by atoms with Gasteiger partial charge < -0.3 is 5.32 Å². The van der Waals surface area contributed by atoms with E-state index in [4.69, 9.17) is 0 Å². The van der Waals surface area contributed by atoms with Crippen molar-refractivity contribution < 1.29 is 4.79 Å². The average molecular weight is 393 g/mol. The molecule has 1 aliphatic carbocycles. The SMILES string of the molecule is Cc1cccc(C)c1NC(=O)[C@@H](C)Sc1nnc(C2CC2)n1-c1ccccc1. The molecule has 4 rings (SSSR count). The summed E-state index contributed by atoms with van der Waals surface area (Å²) in [4.78, 5) is 12.8. The maximum absolute atomic E-state index is 12.8. The Bertz CT molecular complexity index is 975. The Kier molecular flexibility index (Phi) is 5.22. The fourth-order valence-corrected chi connectivity index (χ4v) is 4.11. The molecule has 6 heteroatoms. The Hall–Kier alpha value is -2.60. The summed E-state index contributed by atoms with van der Waals surface area (Å²) in [6, 6.07) is 16.2. The van der Waals surface area contributed by atoms with E-state index < -0.39 is 0 Å². The number of anilines is 1. The highest BCUT2D eigenvalue weighted by Crippen LogP contribution is 2.41. The Morgan fingerprint density at radius 3 is 2.39 bits per heavy atom. The van der Waals surface area contributed by atoms with Crippen molar-refractivity contribution in [3.05, 3.63) is 65.5 Å². The first-order valence-electron chi connectivity index (χ1n) is 9.59. The van der Waals surface area contributed by atoms with E-state index in [2.05, 4.69) is 32.2 Å². The number of carbonyl (C=O) groups excluding carboxylic acids is 1.